The van der Waals surface area contributed by atoms with Gasteiger partial charge in [0.2, 0.25) is 0 Å². The molecule has 15 heavy (non-hydrogen) atoms. The Balaban J connectivity index is 2.69. The summed E-state index contributed by atoms with van der Waals surface area (Å²) < 4.78 is 1.02. The molecule has 0 fully saturated rings. The van der Waals surface area contributed by atoms with Crippen molar-refractivity contribution in [2.24, 2.45) is 0 Å². The summed E-state index contributed by atoms with van der Waals surface area (Å²) >= 11 is 2.13. The number of carbonyl (C=O) groups excluding carboxylic acids is 1. The second kappa shape index (κ2) is 5.11. The van der Waals surface area contributed by atoms with Gasteiger partial charge < -0.3 is 10.4 Å². The lowest BCUT2D eigenvalue weighted by molar-refractivity contribution is -0.138. The van der Waals surface area contributed by atoms with Crippen LogP contribution in [0.15, 0.2) is 24.3 Å². The van der Waals surface area contributed by atoms with Gasteiger partial charge in [-0.25, -0.2) is 0 Å². The lowest BCUT2D eigenvalue weighted by atomic mass is 10.2. The maximum Gasteiger partial charge on any atom is 0.325 e. The third-order valence-electron chi connectivity index (χ3n) is 1.82. The molecule has 4 nitrogen and oxygen atoms in total. The molecule has 0 aliphatic rings. The van der Waals surface area contributed by atoms with Gasteiger partial charge in [0.1, 0.15) is 6.04 Å². The summed E-state index contributed by atoms with van der Waals surface area (Å²) in [5, 5.41) is 11.0. The lowest BCUT2D eigenvalue weighted by Crippen LogP contribution is -2.38. The predicted octanol–water partition coefficient (Wildman–Crippen LogP) is 1.49. The van der Waals surface area contributed by atoms with Crippen LogP contribution in [0.25, 0.3) is 0 Å². The smallest absolute Gasteiger partial charge is 0.325 e. The molecular formula is C10H10INO3. The number of benzene rings is 1. The Morgan fingerprint density at radius 3 is 2.33 bits per heavy atom. The highest BCUT2D eigenvalue weighted by Gasteiger charge is 2.14. The van der Waals surface area contributed by atoms with E-state index >= 15 is 0 Å². The highest BCUT2D eigenvalue weighted by atomic mass is 127. The van der Waals surface area contributed by atoms with Gasteiger partial charge in [-0.3, -0.25) is 9.59 Å². The molecule has 1 atom stereocenters. The van der Waals surface area contributed by atoms with Crippen molar-refractivity contribution in [2.75, 3.05) is 0 Å². The molecular weight excluding hydrogens is 309 g/mol. The molecule has 0 saturated heterocycles. The van der Waals surface area contributed by atoms with Crippen molar-refractivity contribution < 1.29 is 14.7 Å². The minimum Gasteiger partial charge on any atom is -0.480 e. The van der Waals surface area contributed by atoms with E-state index in [2.05, 4.69) is 27.9 Å². The van der Waals surface area contributed by atoms with Crippen LogP contribution in [0.1, 0.15) is 17.3 Å². The van der Waals surface area contributed by atoms with E-state index in [0.29, 0.717) is 5.56 Å². The van der Waals surface area contributed by atoms with Crippen LogP contribution in [0.2, 0.25) is 0 Å². The molecule has 0 aromatic heterocycles. The van der Waals surface area contributed by atoms with Gasteiger partial charge in [0.25, 0.3) is 5.91 Å². The fourth-order valence-electron chi connectivity index (χ4n) is 0.943. The standard InChI is InChI=1S/C10H10INO3/c1-6(10(14)15)12-9(13)7-2-4-8(11)5-3-7/h2-6H,1H3,(H,12,13)(H,14,15)/t6-/m0/s1. The van der Waals surface area contributed by atoms with Gasteiger partial charge in [-0.1, -0.05) is 0 Å². The van der Waals surface area contributed by atoms with Crippen molar-refractivity contribution in [3.63, 3.8) is 0 Å². The first-order valence-electron chi connectivity index (χ1n) is 4.30. The third-order valence-corrected chi connectivity index (χ3v) is 2.54. The summed E-state index contributed by atoms with van der Waals surface area (Å²) in [6.45, 7) is 1.42. The van der Waals surface area contributed by atoms with E-state index in [-0.39, 0.29) is 5.91 Å². The SMILES string of the molecule is C[C@H](NC(=O)c1ccc(I)cc1)C(=O)O. The molecule has 2 N–H and O–H groups in total. The third kappa shape index (κ3) is 3.50. The number of nitrogens with one attached hydrogen (secondary N) is 1. The van der Waals surface area contributed by atoms with Crippen LogP contribution in [0, 0.1) is 3.57 Å². The molecule has 0 aliphatic carbocycles. The Morgan fingerprint density at radius 2 is 1.87 bits per heavy atom. The number of hydrogen-bond acceptors (Lipinski definition) is 2. The molecule has 1 aromatic rings. The molecule has 1 amide bonds. The molecule has 0 saturated carbocycles. The molecule has 0 heterocycles. The highest BCUT2D eigenvalue weighted by molar-refractivity contribution is 14.1. The van der Waals surface area contributed by atoms with Gasteiger partial charge in [-0.05, 0) is 53.8 Å². The van der Waals surface area contributed by atoms with E-state index in [9.17, 15) is 9.59 Å². The molecule has 5 heteroatoms. The van der Waals surface area contributed by atoms with Crippen LogP contribution >= 0.6 is 22.6 Å². The molecule has 0 spiro atoms. The van der Waals surface area contributed by atoms with Crippen LogP contribution in [0.3, 0.4) is 0 Å². The summed E-state index contributed by atoms with van der Waals surface area (Å²) in [6, 6.07) is 6.02. The fourth-order valence-corrected chi connectivity index (χ4v) is 1.30. The molecule has 80 valence electrons. The highest BCUT2D eigenvalue weighted by Crippen LogP contribution is 2.06. The van der Waals surface area contributed by atoms with Crippen molar-refractivity contribution in [3.8, 4) is 0 Å². The Morgan fingerprint density at radius 1 is 1.33 bits per heavy atom. The van der Waals surface area contributed by atoms with Gasteiger partial charge in [-0.2, -0.15) is 0 Å². The number of halogens is 1. The molecule has 0 bridgehead atoms. The number of carboxylic acid groups (broad SMARTS) is 1. The molecule has 1 aromatic carbocycles. The number of aliphatic carboxylic acids is 1. The van der Waals surface area contributed by atoms with Crippen LogP contribution in [0.4, 0.5) is 0 Å². The zero-order valence-electron chi connectivity index (χ0n) is 8.03. The summed E-state index contributed by atoms with van der Waals surface area (Å²) in [5.74, 6) is -1.42. The largest absolute Gasteiger partial charge is 0.480 e. The van der Waals surface area contributed by atoms with E-state index in [1.54, 1.807) is 24.3 Å². The first-order chi connectivity index (χ1) is 7.00. The number of hydrogen-bond donors (Lipinski definition) is 2. The Kier molecular flexibility index (Phi) is 4.07. The normalized spacial score (nSPS) is 11.9. The van der Waals surface area contributed by atoms with Crippen molar-refractivity contribution in [2.45, 2.75) is 13.0 Å². The van der Waals surface area contributed by atoms with Crippen molar-refractivity contribution in [1.82, 2.24) is 5.32 Å². The van der Waals surface area contributed by atoms with E-state index in [4.69, 9.17) is 5.11 Å². The first-order valence-corrected chi connectivity index (χ1v) is 5.38. The summed E-state index contributed by atoms with van der Waals surface area (Å²) in [7, 11) is 0. The first kappa shape index (κ1) is 12.0. The molecule has 1 rings (SSSR count). The zero-order chi connectivity index (χ0) is 11.4. The minimum atomic E-state index is -1.05. The van der Waals surface area contributed by atoms with Crippen molar-refractivity contribution in [1.29, 1.82) is 0 Å². The van der Waals surface area contributed by atoms with E-state index in [1.807, 2.05) is 0 Å². The average molecular weight is 319 g/mol. The Hall–Kier alpha value is -1.11. The van der Waals surface area contributed by atoms with E-state index in [1.165, 1.54) is 6.92 Å². The predicted molar refractivity (Wildman–Crippen MR) is 63.7 cm³/mol. The van der Waals surface area contributed by atoms with Gasteiger partial charge in [-0.15, -0.1) is 0 Å². The lowest BCUT2D eigenvalue weighted by Gasteiger charge is -2.08. The Labute approximate surface area is 101 Å². The number of carbonyl (C=O) groups is 2. The van der Waals surface area contributed by atoms with Crippen molar-refractivity contribution in [3.05, 3.63) is 33.4 Å². The zero-order valence-corrected chi connectivity index (χ0v) is 10.2. The molecule has 0 unspecified atom stereocenters. The van der Waals surface area contributed by atoms with E-state index in [0.717, 1.165) is 3.57 Å². The quantitative estimate of drug-likeness (QED) is 0.830. The average Bonchev–Trinajstić information content (AvgIpc) is 2.18. The van der Waals surface area contributed by atoms with Gasteiger partial charge >= 0.3 is 5.97 Å². The fraction of sp³-hybridized carbons (Fsp3) is 0.200. The summed E-state index contributed by atoms with van der Waals surface area (Å²) in [4.78, 5) is 22.0. The summed E-state index contributed by atoms with van der Waals surface area (Å²) in [5.41, 5.74) is 0.462. The minimum absolute atomic E-state index is 0.374. The Bertz CT molecular complexity index is 375. The number of amides is 1. The monoisotopic (exact) mass is 319 g/mol. The van der Waals surface area contributed by atoms with Gasteiger partial charge in [0.05, 0.1) is 0 Å². The topological polar surface area (TPSA) is 66.4 Å². The summed E-state index contributed by atoms with van der Waals surface area (Å²) in [6.07, 6.45) is 0. The van der Waals surface area contributed by atoms with Crippen molar-refractivity contribution >= 4 is 34.5 Å². The van der Waals surface area contributed by atoms with Crippen LogP contribution in [-0.4, -0.2) is 23.0 Å². The van der Waals surface area contributed by atoms with Gasteiger partial charge in [0.15, 0.2) is 0 Å². The van der Waals surface area contributed by atoms with Crippen LogP contribution in [-0.2, 0) is 4.79 Å². The second-order valence-corrected chi connectivity index (χ2v) is 4.29. The van der Waals surface area contributed by atoms with Crippen LogP contribution in [0.5, 0.6) is 0 Å². The van der Waals surface area contributed by atoms with E-state index < -0.39 is 12.0 Å². The maximum absolute atomic E-state index is 11.5. The molecule has 0 radical (unpaired) electrons. The maximum atomic E-state index is 11.5. The second-order valence-electron chi connectivity index (χ2n) is 3.04. The number of rotatable bonds is 3. The van der Waals surface area contributed by atoms with Gasteiger partial charge in [0, 0.05) is 9.13 Å². The number of carboxylic acids is 1. The van der Waals surface area contributed by atoms with Crippen LogP contribution < -0.4 is 5.32 Å². The molecule has 0 aliphatic heterocycles.